The molecule has 1 aromatic carbocycles. The Morgan fingerprint density at radius 3 is 2.40 bits per heavy atom. The molecule has 0 aliphatic heterocycles. The fraction of sp³-hybridized carbons (Fsp3) is 0.467. The summed E-state index contributed by atoms with van der Waals surface area (Å²) in [6.45, 7) is 2.08. The van der Waals surface area contributed by atoms with E-state index in [1.165, 1.54) is 4.90 Å². The maximum atomic E-state index is 11.8. The van der Waals surface area contributed by atoms with Crippen LogP contribution in [0.1, 0.15) is 13.3 Å². The lowest BCUT2D eigenvalue weighted by molar-refractivity contribution is -0.130. The van der Waals surface area contributed by atoms with Gasteiger partial charge in [0.05, 0.1) is 0 Å². The third-order valence-electron chi connectivity index (χ3n) is 3.43. The molecule has 0 bridgehead atoms. The SMILES string of the molecule is C[C@@H]1C[C@H]1C(=O)Nc1ccc(OCC(=O)N(C)C)cc1. The number of nitrogens with one attached hydrogen (secondary N) is 1. The summed E-state index contributed by atoms with van der Waals surface area (Å²) in [5, 5.41) is 2.87. The standard InChI is InChI=1S/C15H20N2O3/c1-10-8-13(10)15(19)16-11-4-6-12(7-5-11)20-9-14(18)17(2)3/h4-7,10,13H,8-9H2,1-3H3,(H,16,19)/t10-,13-/m1/s1. The predicted octanol–water partition coefficient (Wildman–Crippen LogP) is 1.75. The van der Waals surface area contributed by atoms with Crippen LogP contribution in [0.15, 0.2) is 24.3 Å². The largest absolute Gasteiger partial charge is 0.484 e. The van der Waals surface area contributed by atoms with Crippen LogP contribution in [0.4, 0.5) is 5.69 Å². The molecule has 1 aliphatic rings. The summed E-state index contributed by atoms with van der Waals surface area (Å²) in [6.07, 6.45) is 0.972. The van der Waals surface area contributed by atoms with Gasteiger partial charge >= 0.3 is 0 Å². The summed E-state index contributed by atoms with van der Waals surface area (Å²) >= 11 is 0. The summed E-state index contributed by atoms with van der Waals surface area (Å²) < 4.78 is 5.36. The molecule has 1 fully saturated rings. The van der Waals surface area contributed by atoms with E-state index in [4.69, 9.17) is 4.74 Å². The molecule has 1 aliphatic carbocycles. The first-order valence-electron chi connectivity index (χ1n) is 6.71. The van der Waals surface area contributed by atoms with E-state index in [1.54, 1.807) is 38.4 Å². The van der Waals surface area contributed by atoms with Gasteiger partial charge in [0, 0.05) is 25.7 Å². The van der Waals surface area contributed by atoms with Crippen molar-refractivity contribution < 1.29 is 14.3 Å². The van der Waals surface area contributed by atoms with Crippen molar-refractivity contribution in [1.82, 2.24) is 4.90 Å². The molecule has 1 N–H and O–H groups in total. The number of carbonyl (C=O) groups excluding carboxylic acids is 2. The zero-order chi connectivity index (χ0) is 14.7. The van der Waals surface area contributed by atoms with Gasteiger partial charge < -0.3 is 15.0 Å². The van der Waals surface area contributed by atoms with Crippen LogP contribution in [0.2, 0.25) is 0 Å². The van der Waals surface area contributed by atoms with E-state index in [0.29, 0.717) is 11.7 Å². The maximum Gasteiger partial charge on any atom is 0.259 e. The first-order valence-corrected chi connectivity index (χ1v) is 6.71. The molecule has 1 saturated carbocycles. The number of amides is 2. The van der Waals surface area contributed by atoms with Crippen molar-refractivity contribution in [3.05, 3.63) is 24.3 Å². The van der Waals surface area contributed by atoms with Gasteiger partial charge in [0.25, 0.3) is 5.91 Å². The molecule has 0 saturated heterocycles. The number of rotatable bonds is 5. The Morgan fingerprint density at radius 2 is 1.90 bits per heavy atom. The fourth-order valence-corrected chi connectivity index (χ4v) is 1.83. The molecule has 2 atom stereocenters. The van der Waals surface area contributed by atoms with Crippen molar-refractivity contribution in [3.8, 4) is 5.75 Å². The van der Waals surface area contributed by atoms with E-state index in [2.05, 4.69) is 12.2 Å². The number of ether oxygens (including phenoxy) is 1. The normalized spacial score (nSPS) is 20.1. The summed E-state index contributed by atoms with van der Waals surface area (Å²) in [6, 6.07) is 7.05. The smallest absolute Gasteiger partial charge is 0.259 e. The number of benzene rings is 1. The molecule has 108 valence electrons. The minimum atomic E-state index is -0.0925. The van der Waals surface area contributed by atoms with Crippen molar-refractivity contribution >= 4 is 17.5 Å². The van der Waals surface area contributed by atoms with Crippen LogP contribution < -0.4 is 10.1 Å². The van der Waals surface area contributed by atoms with Gasteiger partial charge in [0.15, 0.2) is 6.61 Å². The van der Waals surface area contributed by atoms with Crippen molar-refractivity contribution in [2.75, 3.05) is 26.0 Å². The van der Waals surface area contributed by atoms with Crippen LogP contribution in [-0.4, -0.2) is 37.4 Å². The molecule has 5 heteroatoms. The van der Waals surface area contributed by atoms with Crippen LogP contribution in [0.25, 0.3) is 0 Å². The summed E-state index contributed by atoms with van der Waals surface area (Å²) in [5.41, 5.74) is 0.750. The van der Waals surface area contributed by atoms with E-state index < -0.39 is 0 Å². The second-order valence-electron chi connectivity index (χ2n) is 5.41. The molecule has 2 rings (SSSR count). The van der Waals surface area contributed by atoms with Gasteiger partial charge in [0.1, 0.15) is 5.75 Å². The fourth-order valence-electron chi connectivity index (χ4n) is 1.83. The van der Waals surface area contributed by atoms with Gasteiger partial charge in [0.2, 0.25) is 5.91 Å². The molecular weight excluding hydrogens is 256 g/mol. The zero-order valence-corrected chi connectivity index (χ0v) is 12.1. The summed E-state index contributed by atoms with van der Waals surface area (Å²) in [4.78, 5) is 24.6. The summed E-state index contributed by atoms with van der Waals surface area (Å²) in [7, 11) is 3.37. The third kappa shape index (κ3) is 3.73. The van der Waals surface area contributed by atoms with Crippen LogP contribution in [0, 0.1) is 11.8 Å². The lowest BCUT2D eigenvalue weighted by atomic mass is 10.2. The number of anilines is 1. The van der Waals surface area contributed by atoms with E-state index in [-0.39, 0.29) is 24.3 Å². The Labute approximate surface area is 118 Å². The van der Waals surface area contributed by atoms with Gasteiger partial charge in [-0.15, -0.1) is 0 Å². The average Bonchev–Trinajstić information content (AvgIpc) is 3.14. The van der Waals surface area contributed by atoms with Crippen LogP contribution in [-0.2, 0) is 9.59 Å². The number of nitrogens with zero attached hydrogens (tertiary/aromatic N) is 1. The Kier molecular flexibility index (Phi) is 4.27. The van der Waals surface area contributed by atoms with Gasteiger partial charge in [-0.3, -0.25) is 9.59 Å². The number of hydrogen-bond donors (Lipinski definition) is 1. The Bertz CT molecular complexity index is 496. The van der Waals surface area contributed by atoms with Crippen molar-refractivity contribution in [1.29, 1.82) is 0 Å². The molecule has 0 aromatic heterocycles. The first kappa shape index (κ1) is 14.4. The lowest BCUT2D eigenvalue weighted by Gasteiger charge is -2.11. The third-order valence-corrected chi connectivity index (χ3v) is 3.43. The average molecular weight is 276 g/mol. The van der Waals surface area contributed by atoms with E-state index >= 15 is 0 Å². The van der Waals surface area contributed by atoms with Crippen LogP contribution in [0.5, 0.6) is 5.75 Å². The number of likely N-dealkylation sites (N-methyl/N-ethyl adjacent to an activating group) is 1. The van der Waals surface area contributed by atoms with Gasteiger partial charge in [-0.2, -0.15) is 0 Å². The molecule has 5 nitrogen and oxygen atoms in total. The molecule has 0 unspecified atom stereocenters. The molecule has 2 amide bonds. The first-order chi connectivity index (χ1) is 9.47. The molecule has 0 heterocycles. The van der Waals surface area contributed by atoms with E-state index in [1.807, 2.05) is 0 Å². The van der Waals surface area contributed by atoms with Crippen molar-refractivity contribution in [3.63, 3.8) is 0 Å². The molecular formula is C15H20N2O3. The summed E-state index contributed by atoms with van der Waals surface area (Å²) in [5.74, 6) is 1.25. The van der Waals surface area contributed by atoms with Gasteiger partial charge in [-0.25, -0.2) is 0 Å². The highest BCUT2D eigenvalue weighted by Gasteiger charge is 2.38. The molecule has 0 radical (unpaired) electrons. The van der Waals surface area contributed by atoms with Crippen LogP contribution >= 0.6 is 0 Å². The highest BCUT2D eigenvalue weighted by Crippen LogP contribution is 2.38. The van der Waals surface area contributed by atoms with Crippen molar-refractivity contribution in [2.24, 2.45) is 11.8 Å². The molecule has 0 spiro atoms. The number of carbonyl (C=O) groups is 2. The van der Waals surface area contributed by atoms with Gasteiger partial charge in [-0.05, 0) is 36.6 Å². The van der Waals surface area contributed by atoms with Crippen LogP contribution in [0.3, 0.4) is 0 Å². The van der Waals surface area contributed by atoms with E-state index in [9.17, 15) is 9.59 Å². The minimum Gasteiger partial charge on any atom is -0.484 e. The Hall–Kier alpha value is -2.04. The molecule has 20 heavy (non-hydrogen) atoms. The quantitative estimate of drug-likeness (QED) is 0.891. The highest BCUT2D eigenvalue weighted by molar-refractivity contribution is 5.94. The number of hydrogen-bond acceptors (Lipinski definition) is 3. The lowest BCUT2D eigenvalue weighted by Crippen LogP contribution is -2.27. The van der Waals surface area contributed by atoms with Crippen molar-refractivity contribution in [2.45, 2.75) is 13.3 Å². The monoisotopic (exact) mass is 276 g/mol. The van der Waals surface area contributed by atoms with E-state index in [0.717, 1.165) is 12.1 Å². The second kappa shape index (κ2) is 5.94. The highest BCUT2D eigenvalue weighted by atomic mass is 16.5. The maximum absolute atomic E-state index is 11.8. The Balaban J connectivity index is 1.83. The Morgan fingerprint density at radius 1 is 1.30 bits per heavy atom. The predicted molar refractivity (Wildman–Crippen MR) is 76.5 cm³/mol. The van der Waals surface area contributed by atoms with Gasteiger partial charge in [-0.1, -0.05) is 6.92 Å². The topological polar surface area (TPSA) is 58.6 Å². The minimum absolute atomic E-state index is 0.0122. The molecule has 1 aromatic rings. The second-order valence-corrected chi connectivity index (χ2v) is 5.41. The zero-order valence-electron chi connectivity index (χ0n) is 12.1.